The second-order valence-corrected chi connectivity index (χ2v) is 14.8. The molecule has 6 rings (SSSR count). The highest BCUT2D eigenvalue weighted by molar-refractivity contribution is 9.10. The molecule has 0 fully saturated rings. The number of ketones is 1. The summed E-state index contributed by atoms with van der Waals surface area (Å²) in [4.78, 5) is 27.9. The van der Waals surface area contributed by atoms with Crippen molar-refractivity contribution in [2.75, 3.05) is 62.8 Å². The quantitative estimate of drug-likeness (QED) is 0.116. The molecular formula is C39H38BrN7O3S2. The van der Waals surface area contributed by atoms with E-state index in [-0.39, 0.29) is 5.78 Å². The number of hydrogen-bond donors (Lipinski definition) is 2. The lowest BCUT2D eigenvalue weighted by atomic mass is 10.1. The third kappa shape index (κ3) is 9.88. The van der Waals surface area contributed by atoms with Gasteiger partial charge in [0.2, 0.25) is 5.78 Å². The van der Waals surface area contributed by atoms with Gasteiger partial charge in [-0.3, -0.25) is 4.79 Å². The fourth-order valence-electron chi connectivity index (χ4n) is 4.89. The lowest BCUT2D eigenvalue weighted by Gasteiger charge is -2.11. The number of ether oxygens (including phenoxy) is 2. The standard InChI is InChI=1S/C20H18N4O2S.C19H20BrN3OS/c1-24(2)19-18(17(25)14-6-4-13(12-21)5-7-14)27-20(23-19)22-15-8-10-16(26-3)11-9-15;1-23(2)18-17(12-13-4-6-14(20)7-5-13)25-19(22-18)21-15-8-10-16(24-3)11-9-15/h4-11H,1-3H3,(H,22,23);4-11H,12H2,1-3H3,(H,21,22). The smallest absolute Gasteiger partial charge is 0.206 e. The summed E-state index contributed by atoms with van der Waals surface area (Å²) in [5.41, 5.74) is 4.16. The molecule has 0 amide bonds. The Balaban J connectivity index is 0.000000202. The largest absolute Gasteiger partial charge is 0.497 e. The van der Waals surface area contributed by atoms with Crippen molar-refractivity contribution in [2.24, 2.45) is 0 Å². The van der Waals surface area contributed by atoms with Crippen LogP contribution in [0.1, 0.15) is 31.2 Å². The molecule has 6 aromatic rings. The maximum atomic E-state index is 12.9. The number of rotatable bonds is 12. The van der Waals surface area contributed by atoms with E-state index in [0.29, 0.717) is 27.0 Å². The van der Waals surface area contributed by atoms with E-state index in [1.165, 1.54) is 21.8 Å². The average Bonchev–Trinajstić information content (AvgIpc) is 3.77. The number of nitriles is 1. The van der Waals surface area contributed by atoms with Gasteiger partial charge in [0, 0.05) is 56.0 Å². The third-order valence-electron chi connectivity index (χ3n) is 7.58. The highest BCUT2D eigenvalue weighted by Crippen LogP contribution is 2.34. The van der Waals surface area contributed by atoms with Crippen molar-refractivity contribution in [3.05, 3.63) is 128 Å². The normalized spacial score (nSPS) is 10.3. The van der Waals surface area contributed by atoms with E-state index in [1.54, 1.807) is 49.8 Å². The van der Waals surface area contributed by atoms with E-state index in [2.05, 4.69) is 66.8 Å². The molecule has 266 valence electrons. The van der Waals surface area contributed by atoms with Gasteiger partial charge in [-0.15, -0.1) is 0 Å². The highest BCUT2D eigenvalue weighted by Gasteiger charge is 2.21. The number of thiazole rings is 2. The van der Waals surface area contributed by atoms with Gasteiger partial charge in [-0.2, -0.15) is 5.26 Å². The van der Waals surface area contributed by atoms with E-state index < -0.39 is 0 Å². The fourth-order valence-corrected chi connectivity index (χ4v) is 7.27. The molecule has 52 heavy (non-hydrogen) atoms. The number of carbonyl (C=O) groups excluding carboxylic acids is 1. The molecule has 4 aromatic carbocycles. The van der Waals surface area contributed by atoms with Crippen LogP contribution in [0, 0.1) is 11.3 Å². The highest BCUT2D eigenvalue weighted by atomic mass is 79.9. The number of nitrogens with zero attached hydrogens (tertiary/aromatic N) is 5. The van der Waals surface area contributed by atoms with Gasteiger partial charge in [0.05, 0.1) is 30.7 Å². The summed E-state index contributed by atoms with van der Waals surface area (Å²) in [6, 6.07) is 32.4. The van der Waals surface area contributed by atoms with Gasteiger partial charge < -0.3 is 29.9 Å². The minimum Gasteiger partial charge on any atom is -0.497 e. The van der Waals surface area contributed by atoms with Gasteiger partial charge in [0.25, 0.3) is 0 Å². The van der Waals surface area contributed by atoms with Crippen molar-refractivity contribution in [2.45, 2.75) is 6.42 Å². The Morgan fingerprint density at radius 1 is 0.731 bits per heavy atom. The van der Waals surface area contributed by atoms with Gasteiger partial charge in [0.15, 0.2) is 16.1 Å². The molecule has 0 spiro atoms. The van der Waals surface area contributed by atoms with Crippen molar-refractivity contribution >= 4 is 77.7 Å². The molecule has 2 N–H and O–H groups in total. The molecular weight excluding hydrogens is 759 g/mol. The maximum absolute atomic E-state index is 12.9. The van der Waals surface area contributed by atoms with Crippen molar-refractivity contribution in [3.63, 3.8) is 0 Å². The van der Waals surface area contributed by atoms with Crippen LogP contribution in [0.5, 0.6) is 11.5 Å². The van der Waals surface area contributed by atoms with Gasteiger partial charge in [-0.05, 0) is 90.5 Å². The van der Waals surface area contributed by atoms with Crippen molar-refractivity contribution < 1.29 is 14.3 Å². The molecule has 0 bridgehead atoms. The summed E-state index contributed by atoms with van der Waals surface area (Å²) >= 11 is 6.46. The Labute approximate surface area is 320 Å². The Morgan fingerprint density at radius 2 is 1.23 bits per heavy atom. The van der Waals surface area contributed by atoms with E-state index in [1.807, 2.05) is 81.6 Å². The number of halogens is 1. The van der Waals surface area contributed by atoms with Gasteiger partial charge in [-0.25, -0.2) is 9.97 Å². The van der Waals surface area contributed by atoms with Crippen LogP contribution < -0.4 is 29.9 Å². The van der Waals surface area contributed by atoms with Crippen LogP contribution in [0.2, 0.25) is 0 Å². The first kappa shape index (κ1) is 37.8. The van der Waals surface area contributed by atoms with E-state index in [4.69, 9.17) is 19.7 Å². The molecule has 0 saturated carbocycles. The first-order valence-corrected chi connectivity index (χ1v) is 18.5. The molecule has 0 radical (unpaired) electrons. The zero-order chi connectivity index (χ0) is 37.2. The van der Waals surface area contributed by atoms with Crippen LogP contribution >= 0.6 is 38.6 Å². The number of aromatic nitrogens is 2. The SMILES string of the molecule is COc1ccc(Nc2nc(N(C)C)c(C(=O)c3ccc(C#N)cc3)s2)cc1.COc1ccc(Nc2nc(N(C)C)c(Cc3ccc(Br)cc3)s2)cc1. The molecule has 13 heteroatoms. The second-order valence-electron chi connectivity index (χ2n) is 11.8. The van der Waals surface area contributed by atoms with E-state index in [9.17, 15) is 4.79 Å². The van der Waals surface area contributed by atoms with Crippen molar-refractivity contribution in [3.8, 4) is 17.6 Å². The average molecular weight is 797 g/mol. The van der Waals surface area contributed by atoms with Gasteiger partial charge in [-0.1, -0.05) is 50.7 Å². The van der Waals surface area contributed by atoms with E-state index in [0.717, 1.165) is 44.7 Å². The van der Waals surface area contributed by atoms with Crippen LogP contribution in [-0.2, 0) is 6.42 Å². The monoisotopic (exact) mass is 795 g/mol. The first-order chi connectivity index (χ1) is 25.1. The molecule has 10 nitrogen and oxygen atoms in total. The molecule has 0 saturated heterocycles. The number of methoxy groups -OCH3 is 2. The molecule has 2 aromatic heterocycles. The molecule has 0 aliphatic heterocycles. The second kappa shape index (κ2) is 17.7. The fraction of sp³-hybridized carbons (Fsp3) is 0.179. The minimum absolute atomic E-state index is 0.122. The van der Waals surface area contributed by atoms with Crippen molar-refractivity contribution in [1.29, 1.82) is 5.26 Å². The molecule has 0 aliphatic carbocycles. The summed E-state index contributed by atoms with van der Waals surface area (Å²) in [5.74, 6) is 3.10. The predicted octanol–water partition coefficient (Wildman–Crippen LogP) is 9.38. The summed E-state index contributed by atoms with van der Waals surface area (Å²) in [6.45, 7) is 0. The van der Waals surface area contributed by atoms with Crippen LogP contribution in [0.25, 0.3) is 0 Å². The van der Waals surface area contributed by atoms with Crippen LogP contribution in [-0.4, -0.2) is 58.2 Å². The zero-order valence-corrected chi connectivity index (χ0v) is 32.8. The van der Waals surface area contributed by atoms with Crippen LogP contribution in [0.4, 0.5) is 33.3 Å². The molecule has 0 aliphatic rings. The Morgan fingerprint density at radius 3 is 1.71 bits per heavy atom. The molecule has 2 heterocycles. The number of anilines is 6. The van der Waals surface area contributed by atoms with Gasteiger partial charge in [0.1, 0.15) is 22.2 Å². The lowest BCUT2D eigenvalue weighted by Crippen LogP contribution is -2.13. The minimum atomic E-state index is -0.122. The van der Waals surface area contributed by atoms with Gasteiger partial charge >= 0.3 is 0 Å². The summed E-state index contributed by atoms with van der Waals surface area (Å²) in [5, 5.41) is 17.0. The van der Waals surface area contributed by atoms with Crippen molar-refractivity contribution in [1.82, 2.24) is 9.97 Å². The molecule has 0 atom stereocenters. The molecule has 0 unspecified atom stereocenters. The van der Waals surface area contributed by atoms with E-state index >= 15 is 0 Å². The summed E-state index contributed by atoms with van der Waals surface area (Å²) in [6.07, 6.45) is 0.864. The predicted molar refractivity (Wildman–Crippen MR) is 217 cm³/mol. The lowest BCUT2D eigenvalue weighted by molar-refractivity contribution is 0.104. The summed E-state index contributed by atoms with van der Waals surface area (Å²) in [7, 11) is 11.0. The topological polar surface area (TPSA) is 116 Å². The Hall–Kier alpha value is -5.42. The third-order valence-corrected chi connectivity index (χ3v) is 10.0. The zero-order valence-electron chi connectivity index (χ0n) is 29.6. The number of benzene rings is 4. The van der Waals surface area contributed by atoms with Crippen LogP contribution in [0.15, 0.2) is 102 Å². The number of nitrogens with one attached hydrogen (secondary N) is 2. The van der Waals surface area contributed by atoms with Crippen LogP contribution in [0.3, 0.4) is 0 Å². The number of carbonyl (C=O) groups is 1. The maximum Gasteiger partial charge on any atom is 0.206 e. The Kier molecular flexibility index (Phi) is 12.9. The summed E-state index contributed by atoms with van der Waals surface area (Å²) < 4.78 is 11.4. The first-order valence-electron chi connectivity index (χ1n) is 16.0. The number of hydrogen-bond acceptors (Lipinski definition) is 12. The Bertz CT molecular complexity index is 2120.